The smallest absolute Gasteiger partial charge is 0.308 e. The van der Waals surface area contributed by atoms with Gasteiger partial charge in [-0.15, -0.1) is 0 Å². The predicted octanol–water partition coefficient (Wildman–Crippen LogP) is 9.94. The van der Waals surface area contributed by atoms with E-state index in [2.05, 4.69) is 13.8 Å². The number of carboxylic acids is 1. The predicted molar refractivity (Wildman–Crippen MR) is 205 cm³/mol. The zero-order valence-corrected chi connectivity index (χ0v) is 33.1. The molecule has 1 aliphatic heterocycles. The van der Waals surface area contributed by atoms with Crippen molar-refractivity contribution >= 4 is 11.9 Å². The van der Waals surface area contributed by atoms with Crippen molar-refractivity contribution in [3.05, 3.63) is 0 Å². The molecule has 51 heavy (non-hydrogen) atoms. The molecule has 0 spiro atoms. The Morgan fingerprint density at radius 2 is 0.902 bits per heavy atom. The van der Waals surface area contributed by atoms with Gasteiger partial charge in [-0.2, -0.15) is 0 Å². The van der Waals surface area contributed by atoms with Gasteiger partial charge in [-0.25, -0.2) is 0 Å². The molecule has 1 fully saturated rings. The van der Waals surface area contributed by atoms with E-state index in [9.17, 15) is 30.0 Å². The van der Waals surface area contributed by atoms with E-state index >= 15 is 0 Å². The number of carbonyl (C=O) groups is 2. The number of rotatable bonds is 35. The van der Waals surface area contributed by atoms with Gasteiger partial charge in [-0.05, 0) is 26.2 Å². The van der Waals surface area contributed by atoms with Crippen LogP contribution in [0.2, 0.25) is 0 Å². The summed E-state index contributed by atoms with van der Waals surface area (Å²) in [5.74, 6) is -1.53. The molecule has 2 unspecified atom stereocenters. The van der Waals surface area contributed by atoms with Gasteiger partial charge in [0.15, 0.2) is 6.29 Å². The number of hydrogen-bond donors (Lipinski definition) is 4. The van der Waals surface area contributed by atoms with Gasteiger partial charge in [-0.1, -0.05) is 174 Å². The van der Waals surface area contributed by atoms with Gasteiger partial charge >= 0.3 is 11.9 Å². The average molecular weight is 729 g/mol. The highest BCUT2D eigenvalue weighted by Crippen LogP contribution is 2.26. The Labute approximate surface area is 312 Å². The van der Waals surface area contributed by atoms with Crippen LogP contribution in [0.1, 0.15) is 213 Å². The summed E-state index contributed by atoms with van der Waals surface area (Å²) in [6.45, 7) is 6.09. The zero-order valence-electron chi connectivity index (χ0n) is 33.1. The number of hydrogen-bond acceptors (Lipinski definition) is 8. The lowest BCUT2D eigenvalue weighted by atomic mass is 9.99. The van der Waals surface area contributed by atoms with Crippen LogP contribution in [-0.2, 0) is 23.8 Å². The number of ether oxygens (including phenoxy) is 3. The molecule has 7 atom stereocenters. The van der Waals surface area contributed by atoms with Gasteiger partial charge in [0.1, 0.15) is 24.4 Å². The number of carboxylic acid groups (broad SMARTS) is 1. The van der Waals surface area contributed by atoms with Crippen molar-refractivity contribution in [1.29, 1.82) is 0 Å². The maximum absolute atomic E-state index is 13.1. The topological polar surface area (TPSA) is 143 Å². The number of esters is 1. The number of aliphatic hydroxyl groups is 3. The van der Waals surface area contributed by atoms with Crippen LogP contribution in [0.25, 0.3) is 0 Å². The number of unbranched alkanes of at least 4 members (excludes halogenated alkanes) is 24. The SMILES string of the molecule is CCCCCCCCCCCCCCCC(CC(=O)O)OC(=O)CC(CCCCCCCCCCCCCCC)O[C@@H]1O[C@@H](C)[C@H](O)[C@@H](O)[C@H]1O. The first kappa shape index (κ1) is 47.8. The van der Waals surface area contributed by atoms with Crippen molar-refractivity contribution in [3.8, 4) is 0 Å². The van der Waals surface area contributed by atoms with Crippen molar-refractivity contribution < 1.29 is 44.2 Å². The van der Waals surface area contributed by atoms with Crippen LogP contribution in [0.5, 0.6) is 0 Å². The lowest BCUT2D eigenvalue weighted by Crippen LogP contribution is -2.58. The molecule has 302 valence electrons. The molecule has 0 aromatic heterocycles. The zero-order chi connectivity index (χ0) is 37.5. The summed E-state index contributed by atoms with van der Waals surface area (Å²) in [5, 5.41) is 40.4. The van der Waals surface area contributed by atoms with Crippen molar-refractivity contribution in [2.45, 2.75) is 256 Å². The van der Waals surface area contributed by atoms with Crippen LogP contribution in [0.3, 0.4) is 0 Å². The molecule has 9 heteroatoms. The summed E-state index contributed by atoms with van der Waals surface area (Å²) >= 11 is 0. The minimum atomic E-state index is -1.46. The minimum Gasteiger partial charge on any atom is -0.481 e. The molecule has 0 aliphatic carbocycles. The summed E-state index contributed by atoms with van der Waals surface area (Å²) in [6, 6.07) is 0. The Balaban J connectivity index is 2.48. The van der Waals surface area contributed by atoms with Crippen LogP contribution >= 0.6 is 0 Å². The quantitative estimate of drug-likeness (QED) is 0.0370. The third-order valence-electron chi connectivity index (χ3n) is 10.5. The fraction of sp³-hybridized carbons (Fsp3) is 0.952. The van der Waals surface area contributed by atoms with E-state index in [0.717, 1.165) is 38.5 Å². The van der Waals surface area contributed by atoms with Gasteiger partial charge in [0.2, 0.25) is 0 Å². The van der Waals surface area contributed by atoms with Gasteiger partial charge in [-0.3, -0.25) is 9.59 Å². The molecule has 0 aromatic carbocycles. The van der Waals surface area contributed by atoms with Crippen molar-refractivity contribution in [3.63, 3.8) is 0 Å². The Bertz CT molecular complexity index is 824. The molecule has 0 bridgehead atoms. The maximum atomic E-state index is 13.1. The van der Waals surface area contributed by atoms with Gasteiger partial charge in [0.25, 0.3) is 0 Å². The van der Waals surface area contributed by atoms with E-state index in [4.69, 9.17) is 14.2 Å². The second-order valence-corrected chi connectivity index (χ2v) is 15.4. The van der Waals surface area contributed by atoms with Crippen molar-refractivity contribution in [2.75, 3.05) is 0 Å². The van der Waals surface area contributed by atoms with E-state index < -0.39 is 54.9 Å². The normalized spacial score (nSPS) is 21.8. The van der Waals surface area contributed by atoms with E-state index in [1.165, 1.54) is 128 Å². The molecule has 1 saturated heterocycles. The Morgan fingerprint density at radius 1 is 0.529 bits per heavy atom. The monoisotopic (exact) mass is 729 g/mol. The van der Waals surface area contributed by atoms with Crippen LogP contribution in [0.4, 0.5) is 0 Å². The Hall–Kier alpha value is -1.26. The first-order chi connectivity index (χ1) is 24.7. The third kappa shape index (κ3) is 25.4. The molecule has 9 nitrogen and oxygen atoms in total. The summed E-state index contributed by atoms with van der Waals surface area (Å²) in [5.41, 5.74) is 0. The van der Waals surface area contributed by atoms with E-state index in [-0.39, 0.29) is 12.8 Å². The number of aliphatic carboxylic acids is 1. The summed E-state index contributed by atoms with van der Waals surface area (Å²) in [6.07, 6.45) is 25.1. The van der Waals surface area contributed by atoms with Gasteiger partial charge in [0.05, 0.1) is 25.0 Å². The second-order valence-electron chi connectivity index (χ2n) is 15.4. The van der Waals surface area contributed by atoms with E-state index in [1.807, 2.05) is 0 Å². The van der Waals surface area contributed by atoms with Crippen LogP contribution in [0.15, 0.2) is 0 Å². The second kappa shape index (κ2) is 32.2. The highest BCUT2D eigenvalue weighted by Gasteiger charge is 2.43. The summed E-state index contributed by atoms with van der Waals surface area (Å²) < 4.78 is 17.4. The van der Waals surface area contributed by atoms with Gasteiger partial charge in [0, 0.05) is 0 Å². The molecule has 0 saturated carbocycles. The molecular formula is C42H80O9. The van der Waals surface area contributed by atoms with Crippen molar-refractivity contribution in [1.82, 2.24) is 0 Å². The summed E-state index contributed by atoms with van der Waals surface area (Å²) in [4.78, 5) is 24.7. The minimum absolute atomic E-state index is 0.105. The van der Waals surface area contributed by atoms with Crippen LogP contribution in [0, 0.1) is 0 Å². The number of aliphatic hydroxyl groups excluding tert-OH is 3. The Kier molecular flexibility index (Phi) is 30.1. The van der Waals surface area contributed by atoms with E-state index in [1.54, 1.807) is 6.92 Å². The molecule has 1 aliphatic rings. The lowest BCUT2D eigenvalue weighted by molar-refractivity contribution is -0.304. The average Bonchev–Trinajstić information content (AvgIpc) is 3.09. The van der Waals surface area contributed by atoms with Gasteiger partial charge < -0.3 is 34.6 Å². The maximum Gasteiger partial charge on any atom is 0.308 e. The molecule has 1 heterocycles. The Morgan fingerprint density at radius 3 is 1.29 bits per heavy atom. The molecule has 4 N–H and O–H groups in total. The largest absolute Gasteiger partial charge is 0.481 e. The first-order valence-corrected chi connectivity index (χ1v) is 21.5. The third-order valence-corrected chi connectivity index (χ3v) is 10.5. The summed E-state index contributed by atoms with van der Waals surface area (Å²) in [7, 11) is 0. The van der Waals surface area contributed by atoms with Crippen LogP contribution < -0.4 is 0 Å². The van der Waals surface area contributed by atoms with Crippen molar-refractivity contribution in [2.24, 2.45) is 0 Å². The lowest BCUT2D eigenvalue weighted by Gasteiger charge is -2.40. The molecule has 0 radical (unpaired) electrons. The number of carbonyl (C=O) groups excluding carboxylic acids is 1. The highest BCUT2D eigenvalue weighted by molar-refractivity contribution is 5.72. The first-order valence-electron chi connectivity index (χ1n) is 21.5. The fourth-order valence-corrected chi connectivity index (χ4v) is 7.13. The molecule has 1 rings (SSSR count). The molecule has 0 aromatic rings. The van der Waals surface area contributed by atoms with E-state index in [0.29, 0.717) is 12.8 Å². The molecule has 0 amide bonds. The van der Waals surface area contributed by atoms with Crippen LogP contribution in [-0.4, -0.2) is 75.3 Å². The standard InChI is InChI=1S/C42H80O9/c1-4-6-8-10-12-14-16-18-20-22-24-26-28-30-35(32-37(43)44)50-38(45)33-36(51-42-41(48)40(47)39(46)34(3)49-42)31-29-27-25-23-21-19-17-15-13-11-9-7-5-2/h34-36,39-42,46-48H,4-33H2,1-3H3,(H,43,44)/t34-,35?,36?,39-,40+,41+,42-/m0/s1. The highest BCUT2D eigenvalue weighted by atomic mass is 16.7. The molecular weight excluding hydrogens is 648 g/mol. The fourth-order valence-electron chi connectivity index (χ4n) is 7.13.